The van der Waals surface area contributed by atoms with Crippen molar-refractivity contribution in [1.29, 1.82) is 0 Å². The molecule has 0 bridgehead atoms. The first kappa shape index (κ1) is 19.6. The Morgan fingerprint density at radius 3 is 2.08 bits per heavy atom. The molecule has 0 spiro atoms. The fraction of sp³-hybridized carbons (Fsp3) is 0.895. The zero-order valence-corrected chi connectivity index (χ0v) is 15.8. The predicted molar refractivity (Wildman–Crippen MR) is 100 cm³/mol. The van der Waals surface area contributed by atoms with Gasteiger partial charge in [0.25, 0.3) is 0 Å². The van der Waals surface area contributed by atoms with E-state index >= 15 is 0 Å². The normalized spacial score (nSPS) is 32.2. The molecule has 2 heterocycles. The minimum Gasteiger partial charge on any atom is -0.481 e. The highest BCUT2D eigenvalue weighted by Crippen LogP contribution is 2.34. The van der Waals surface area contributed by atoms with E-state index in [2.05, 4.69) is 20.4 Å². The predicted octanol–water partition coefficient (Wildman–Crippen LogP) is 0.648. The van der Waals surface area contributed by atoms with Crippen molar-refractivity contribution in [2.24, 2.45) is 0 Å². The van der Waals surface area contributed by atoms with E-state index in [-0.39, 0.29) is 12.0 Å². The van der Waals surface area contributed by atoms with Crippen molar-refractivity contribution in [3.05, 3.63) is 0 Å². The summed E-state index contributed by atoms with van der Waals surface area (Å²) in [6, 6.07) is 1.33. The molecule has 1 saturated carbocycles. The monoisotopic (exact) mass is 366 g/mol. The number of nitrogens with one attached hydrogen (secondary N) is 2. The van der Waals surface area contributed by atoms with Crippen molar-refractivity contribution < 1.29 is 14.7 Å². The number of aliphatic carboxylic acids is 1. The number of rotatable bonds is 7. The maximum absolute atomic E-state index is 11.0. The van der Waals surface area contributed by atoms with E-state index in [1.165, 1.54) is 12.8 Å². The molecule has 0 unspecified atom stereocenters. The van der Waals surface area contributed by atoms with Gasteiger partial charge in [0, 0.05) is 50.2 Å². The van der Waals surface area contributed by atoms with Gasteiger partial charge in [-0.3, -0.25) is 19.4 Å². The molecule has 1 amide bonds. The molecule has 0 aromatic carbocycles. The Morgan fingerprint density at radius 2 is 1.58 bits per heavy atom. The number of nitrogens with zero attached hydrogens (tertiary/aromatic N) is 2. The molecular formula is C19H34N4O3. The summed E-state index contributed by atoms with van der Waals surface area (Å²) in [5.41, 5.74) is -0.312. The van der Waals surface area contributed by atoms with Gasteiger partial charge >= 0.3 is 5.97 Å². The lowest BCUT2D eigenvalue weighted by atomic mass is 9.76. The Morgan fingerprint density at radius 1 is 1.04 bits per heavy atom. The lowest BCUT2D eigenvalue weighted by molar-refractivity contribution is -0.137. The van der Waals surface area contributed by atoms with Gasteiger partial charge < -0.3 is 15.7 Å². The van der Waals surface area contributed by atoms with Gasteiger partial charge in [0.1, 0.15) is 0 Å². The summed E-state index contributed by atoms with van der Waals surface area (Å²) >= 11 is 0. The first-order valence-electron chi connectivity index (χ1n) is 10.2. The number of piperazine rings is 1. The molecule has 3 aliphatic rings. The quantitative estimate of drug-likeness (QED) is 0.574. The van der Waals surface area contributed by atoms with Crippen LogP contribution in [-0.4, -0.2) is 84.2 Å². The zero-order valence-electron chi connectivity index (χ0n) is 15.8. The van der Waals surface area contributed by atoms with E-state index in [0.717, 1.165) is 77.4 Å². The molecule has 2 saturated heterocycles. The molecule has 7 nitrogen and oxygen atoms in total. The van der Waals surface area contributed by atoms with Crippen LogP contribution in [-0.2, 0) is 9.59 Å². The average Bonchev–Trinajstić information content (AvgIpc) is 2.68. The van der Waals surface area contributed by atoms with Crippen molar-refractivity contribution >= 4 is 12.4 Å². The molecule has 148 valence electrons. The van der Waals surface area contributed by atoms with Gasteiger partial charge in [0.15, 0.2) is 0 Å². The molecule has 3 rings (SSSR count). The van der Waals surface area contributed by atoms with E-state index in [4.69, 9.17) is 5.11 Å². The molecule has 1 aliphatic carbocycles. The zero-order chi connectivity index (χ0) is 18.4. The van der Waals surface area contributed by atoms with Gasteiger partial charge in [0.2, 0.25) is 6.41 Å². The Bertz CT molecular complexity index is 465. The van der Waals surface area contributed by atoms with Crippen LogP contribution in [0.1, 0.15) is 51.4 Å². The summed E-state index contributed by atoms with van der Waals surface area (Å²) in [5.74, 6) is -0.784. The molecule has 0 aromatic heterocycles. The van der Waals surface area contributed by atoms with E-state index < -0.39 is 5.97 Å². The Labute approximate surface area is 156 Å². The van der Waals surface area contributed by atoms with Crippen LogP contribution in [0.3, 0.4) is 0 Å². The van der Waals surface area contributed by atoms with Crippen LogP contribution in [0.5, 0.6) is 0 Å². The molecule has 0 atom stereocenters. The van der Waals surface area contributed by atoms with Crippen LogP contribution in [0.25, 0.3) is 0 Å². The maximum Gasteiger partial charge on any atom is 0.303 e. The standard InChI is InChI=1S/C19H34N4O3/c24-15-21-19(8-3-18(25)26)6-1-16(2-7-19)22-11-13-23(14-12-22)17-4-9-20-10-5-17/h15-17,20H,1-14H2,(H,21,24)(H,25,26). The van der Waals surface area contributed by atoms with E-state index in [9.17, 15) is 9.59 Å². The minimum absolute atomic E-state index is 0.125. The van der Waals surface area contributed by atoms with Crippen LogP contribution < -0.4 is 10.6 Å². The average molecular weight is 367 g/mol. The van der Waals surface area contributed by atoms with Crippen molar-refractivity contribution in [1.82, 2.24) is 20.4 Å². The van der Waals surface area contributed by atoms with Crippen LogP contribution >= 0.6 is 0 Å². The molecular weight excluding hydrogens is 332 g/mol. The number of carbonyl (C=O) groups is 2. The third-order valence-electron chi connectivity index (χ3n) is 6.79. The number of amides is 1. The van der Waals surface area contributed by atoms with Crippen LogP contribution in [0.15, 0.2) is 0 Å². The highest BCUT2D eigenvalue weighted by Gasteiger charge is 2.38. The topological polar surface area (TPSA) is 84.9 Å². The van der Waals surface area contributed by atoms with Gasteiger partial charge in [-0.05, 0) is 58.0 Å². The smallest absolute Gasteiger partial charge is 0.303 e. The Hall–Kier alpha value is -1.18. The second-order valence-corrected chi connectivity index (χ2v) is 8.22. The summed E-state index contributed by atoms with van der Waals surface area (Å²) in [5, 5.41) is 15.4. The van der Waals surface area contributed by atoms with Gasteiger partial charge in [-0.15, -0.1) is 0 Å². The van der Waals surface area contributed by atoms with Crippen LogP contribution in [0.4, 0.5) is 0 Å². The molecule has 7 heteroatoms. The third-order valence-corrected chi connectivity index (χ3v) is 6.79. The van der Waals surface area contributed by atoms with Gasteiger partial charge in [-0.1, -0.05) is 0 Å². The number of hydrogen-bond acceptors (Lipinski definition) is 5. The van der Waals surface area contributed by atoms with Crippen LogP contribution in [0.2, 0.25) is 0 Å². The molecule has 0 radical (unpaired) electrons. The lowest BCUT2D eigenvalue weighted by Gasteiger charge is -2.47. The van der Waals surface area contributed by atoms with Gasteiger partial charge in [-0.25, -0.2) is 0 Å². The number of hydrogen-bond donors (Lipinski definition) is 3. The highest BCUT2D eigenvalue weighted by atomic mass is 16.4. The largest absolute Gasteiger partial charge is 0.481 e. The second kappa shape index (κ2) is 9.15. The molecule has 2 aliphatic heterocycles. The molecule has 0 aromatic rings. The minimum atomic E-state index is -0.784. The first-order chi connectivity index (χ1) is 12.6. The summed E-state index contributed by atoms with van der Waals surface area (Å²) in [6.45, 7) is 6.90. The molecule has 26 heavy (non-hydrogen) atoms. The van der Waals surface area contributed by atoms with Gasteiger partial charge in [-0.2, -0.15) is 0 Å². The van der Waals surface area contributed by atoms with Gasteiger partial charge in [0.05, 0.1) is 0 Å². The first-order valence-corrected chi connectivity index (χ1v) is 10.2. The summed E-state index contributed by atoms with van der Waals surface area (Å²) in [7, 11) is 0. The molecule has 3 fully saturated rings. The summed E-state index contributed by atoms with van der Waals surface area (Å²) in [4.78, 5) is 27.2. The number of carboxylic acid groups (broad SMARTS) is 1. The summed E-state index contributed by atoms with van der Waals surface area (Å²) in [6.07, 6.45) is 7.83. The Balaban J connectivity index is 1.45. The summed E-state index contributed by atoms with van der Waals surface area (Å²) < 4.78 is 0. The second-order valence-electron chi connectivity index (χ2n) is 8.22. The van der Waals surface area contributed by atoms with Crippen molar-refractivity contribution in [3.63, 3.8) is 0 Å². The Kier molecular flexibility index (Phi) is 6.89. The molecule has 3 N–H and O–H groups in total. The van der Waals surface area contributed by atoms with E-state index in [1.54, 1.807) is 0 Å². The number of carbonyl (C=O) groups excluding carboxylic acids is 1. The van der Waals surface area contributed by atoms with Crippen molar-refractivity contribution in [3.8, 4) is 0 Å². The SMILES string of the molecule is O=CNC1(CCC(=O)O)CCC(N2CCN(C3CCNCC3)CC2)CC1. The van der Waals surface area contributed by atoms with Crippen molar-refractivity contribution in [2.45, 2.75) is 69.0 Å². The number of carboxylic acids is 1. The van der Waals surface area contributed by atoms with Crippen molar-refractivity contribution in [2.75, 3.05) is 39.3 Å². The highest BCUT2D eigenvalue weighted by molar-refractivity contribution is 5.67. The van der Waals surface area contributed by atoms with E-state index in [1.807, 2.05) is 0 Å². The van der Waals surface area contributed by atoms with E-state index in [0.29, 0.717) is 12.5 Å². The fourth-order valence-corrected chi connectivity index (χ4v) is 5.10. The number of piperidine rings is 1. The van der Waals surface area contributed by atoms with Crippen LogP contribution in [0, 0.1) is 0 Å². The lowest BCUT2D eigenvalue weighted by Crippen LogP contribution is -2.57. The fourth-order valence-electron chi connectivity index (χ4n) is 5.10. The third kappa shape index (κ3) is 4.96. The maximum atomic E-state index is 11.0.